The van der Waals surface area contributed by atoms with Gasteiger partial charge in [0, 0.05) is 6.07 Å². The first kappa shape index (κ1) is 12.2. The molecule has 0 aliphatic rings. The van der Waals surface area contributed by atoms with E-state index >= 15 is 0 Å². The molecule has 1 heterocycles. The summed E-state index contributed by atoms with van der Waals surface area (Å²) in [7, 11) is 3.17. The van der Waals surface area contributed by atoms with Gasteiger partial charge in [0.1, 0.15) is 22.4 Å². The molecule has 0 amide bonds. The molecule has 0 unspecified atom stereocenters. The van der Waals surface area contributed by atoms with E-state index in [4.69, 9.17) is 14.7 Å². The van der Waals surface area contributed by atoms with E-state index in [1.54, 1.807) is 25.8 Å². The van der Waals surface area contributed by atoms with Crippen molar-refractivity contribution in [3.63, 3.8) is 0 Å². The van der Waals surface area contributed by atoms with Gasteiger partial charge in [0.25, 0.3) is 0 Å². The Hall–Kier alpha value is -2.26. The SMILES string of the molecule is COc1ccc(Nc2ncsc2C#N)c(OC)c1. The highest BCUT2D eigenvalue weighted by atomic mass is 32.1. The average molecular weight is 261 g/mol. The standard InChI is InChI=1S/C12H11N3O2S/c1-16-8-3-4-9(10(5-8)17-2)15-12-11(6-13)18-7-14-12/h3-5,7,15H,1-2H3. The fourth-order valence-corrected chi connectivity index (χ4v) is 1.98. The zero-order valence-corrected chi connectivity index (χ0v) is 10.7. The third kappa shape index (κ3) is 2.36. The maximum absolute atomic E-state index is 8.92. The number of rotatable bonds is 4. The zero-order valence-electron chi connectivity index (χ0n) is 9.93. The number of methoxy groups -OCH3 is 2. The van der Waals surface area contributed by atoms with Crippen molar-refractivity contribution in [2.45, 2.75) is 0 Å². The van der Waals surface area contributed by atoms with Crippen molar-refractivity contribution >= 4 is 22.8 Å². The number of nitriles is 1. The monoisotopic (exact) mass is 261 g/mol. The summed E-state index contributed by atoms with van der Waals surface area (Å²) < 4.78 is 10.4. The van der Waals surface area contributed by atoms with Crippen molar-refractivity contribution in [2.75, 3.05) is 19.5 Å². The summed E-state index contributed by atoms with van der Waals surface area (Å²) in [6, 6.07) is 7.47. The van der Waals surface area contributed by atoms with Crippen LogP contribution in [-0.4, -0.2) is 19.2 Å². The number of ether oxygens (including phenoxy) is 2. The Morgan fingerprint density at radius 1 is 1.33 bits per heavy atom. The minimum absolute atomic E-state index is 0.533. The smallest absolute Gasteiger partial charge is 0.159 e. The molecule has 0 bridgehead atoms. The molecule has 0 radical (unpaired) electrons. The van der Waals surface area contributed by atoms with Gasteiger partial charge in [0.05, 0.1) is 25.4 Å². The summed E-state index contributed by atoms with van der Waals surface area (Å²) >= 11 is 1.29. The number of nitrogens with zero attached hydrogens (tertiary/aromatic N) is 2. The van der Waals surface area contributed by atoms with Gasteiger partial charge in [-0.25, -0.2) is 4.98 Å². The molecule has 5 nitrogen and oxygen atoms in total. The summed E-state index contributed by atoms with van der Waals surface area (Å²) in [4.78, 5) is 4.63. The van der Waals surface area contributed by atoms with Crippen LogP contribution in [0.1, 0.15) is 4.88 Å². The number of hydrogen-bond acceptors (Lipinski definition) is 6. The van der Waals surface area contributed by atoms with Gasteiger partial charge in [0.15, 0.2) is 5.82 Å². The van der Waals surface area contributed by atoms with E-state index in [2.05, 4.69) is 16.4 Å². The number of anilines is 2. The predicted octanol–water partition coefficient (Wildman–Crippen LogP) is 2.78. The molecule has 0 fully saturated rings. The van der Waals surface area contributed by atoms with Gasteiger partial charge in [-0.2, -0.15) is 5.26 Å². The Labute approximate surface area is 109 Å². The van der Waals surface area contributed by atoms with Gasteiger partial charge < -0.3 is 14.8 Å². The van der Waals surface area contributed by atoms with Gasteiger partial charge >= 0.3 is 0 Å². The second-order valence-electron chi connectivity index (χ2n) is 3.33. The highest BCUT2D eigenvalue weighted by molar-refractivity contribution is 7.10. The van der Waals surface area contributed by atoms with Crippen LogP contribution in [0.15, 0.2) is 23.7 Å². The number of hydrogen-bond donors (Lipinski definition) is 1. The lowest BCUT2D eigenvalue weighted by atomic mass is 10.2. The van der Waals surface area contributed by atoms with Crippen molar-refractivity contribution in [3.8, 4) is 17.6 Å². The minimum Gasteiger partial charge on any atom is -0.497 e. The lowest BCUT2D eigenvalue weighted by Gasteiger charge is -2.11. The van der Waals surface area contributed by atoms with E-state index in [9.17, 15) is 0 Å². The molecule has 0 aliphatic heterocycles. The lowest BCUT2D eigenvalue weighted by molar-refractivity contribution is 0.395. The molecule has 0 saturated heterocycles. The van der Waals surface area contributed by atoms with Crippen LogP contribution in [0.25, 0.3) is 0 Å². The maximum atomic E-state index is 8.92. The largest absolute Gasteiger partial charge is 0.497 e. The van der Waals surface area contributed by atoms with Crippen LogP contribution in [0.4, 0.5) is 11.5 Å². The Bertz CT molecular complexity index is 589. The van der Waals surface area contributed by atoms with Crippen LogP contribution in [0, 0.1) is 11.3 Å². The van der Waals surface area contributed by atoms with Gasteiger partial charge in [-0.15, -0.1) is 11.3 Å². The van der Waals surface area contributed by atoms with Crippen molar-refractivity contribution in [2.24, 2.45) is 0 Å². The third-order valence-electron chi connectivity index (χ3n) is 2.33. The van der Waals surface area contributed by atoms with Crippen molar-refractivity contribution < 1.29 is 9.47 Å². The van der Waals surface area contributed by atoms with E-state index < -0.39 is 0 Å². The van der Waals surface area contributed by atoms with Crippen LogP contribution in [-0.2, 0) is 0 Å². The summed E-state index contributed by atoms with van der Waals surface area (Å²) in [5.41, 5.74) is 2.36. The molecule has 0 spiro atoms. The van der Waals surface area contributed by atoms with Crippen LogP contribution in [0.3, 0.4) is 0 Å². The van der Waals surface area contributed by atoms with Crippen molar-refractivity contribution in [1.29, 1.82) is 5.26 Å². The average Bonchev–Trinajstić information content (AvgIpc) is 2.86. The summed E-state index contributed by atoms with van der Waals surface area (Å²) in [5, 5.41) is 12.0. The fraction of sp³-hybridized carbons (Fsp3) is 0.167. The van der Waals surface area contributed by atoms with Gasteiger partial charge in [-0.3, -0.25) is 0 Å². The fourth-order valence-electron chi connectivity index (χ4n) is 1.44. The third-order valence-corrected chi connectivity index (χ3v) is 3.06. The lowest BCUT2D eigenvalue weighted by Crippen LogP contribution is -1.96. The molecular weight excluding hydrogens is 250 g/mol. The number of thiazole rings is 1. The minimum atomic E-state index is 0.533. The predicted molar refractivity (Wildman–Crippen MR) is 69.7 cm³/mol. The van der Waals surface area contributed by atoms with E-state index in [0.717, 1.165) is 5.69 Å². The molecular formula is C12H11N3O2S. The number of nitrogens with one attached hydrogen (secondary N) is 1. The molecule has 2 rings (SSSR count). The van der Waals surface area contributed by atoms with E-state index in [1.807, 2.05) is 12.1 Å². The van der Waals surface area contributed by atoms with E-state index in [-0.39, 0.29) is 0 Å². The Morgan fingerprint density at radius 3 is 2.83 bits per heavy atom. The molecule has 2 aromatic rings. The topological polar surface area (TPSA) is 67.2 Å². The molecule has 1 aromatic heterocycles. The Balaban J connectivity index is 2.32. The normalized spacial score (nSPS) is 9.61. The number of aromatic nitrogens is 1. The van der Waals surface area contributed by atoms with Gasteiger partial charge in [-0.05, 0) is 12.1 Å². The second kappa shape index (κ2) is 5.38. The molecule has 6 heteroatoms. The molecule has 92 valence electrons. The van der Waals surface area contributed by atoms with Gasteiger partial charge in [0.2, 0.25) is 0 Å². The Morgan fingerprint density at radius 2 is 2.17 bits per heavy atom. The van der Waals surface area contributed by atoms with E-state index in [1.165, 1.54) is 11.3 Å². The molecule has 0 aliphatic carbocycles. The zero-order chi connectivity index (χ0) is 13.0. The summed E-state index contributed by atoms with van der Waals surface area (Å²) in [6.45, 7) is 0. The summed E-state index contributed by atoms with van der Waals surface area (Å²) in [6.07, 6.45) is 0. The van der Waals surface area contributed by atoms with E-state index in [0.29, 0.717) is 22.2 Å². The summed E-state index contributed by atoms with van der Waals surface area (Å²) in [5.74, 6) is 1.87. The number of benzene rings is 1. The molecule has 0 atom stereocenters. The maximum Gasteiger partial charge on any atom is 0.159 e. The first-order valence-electron chi connectivity index (χ1n) is 5.11. The first-order valence-corrected chi connectivity index (χ1v) is 5.99. The van der Waals surface area contributed by atoms with Crippen LogP contribution in [0.5, 0.6) is 11.5 Å². The van der Waals surface area contributed by atoms with Crippen molar-refractivity contribution in [1.82, 2.24) is 4.98 Å². The molecule has 0 saturated carbocycles. The second-order valence-corrected chi connectivity index (χ2v) is 4.19. The van der Waals surface area contributed by atoms with Crippen LogP contribution in [0.2, 0.25) is 0 Å². The first-order chi connectivity index (χ1) is 8.78. The molecule has 1 aromatic carbocycles. The van der Waals surface area contributed by atoms with Crippen LogP contribution < -0.4 is 14.8 Å². The van der Waals surface area contributed by atoms with Crippen LogP contribution >= 0.6 is 11.3 Å². The Kier molecular flexibility index (Phi) is 3.65. The quantitative estimate of drug-likeness (QED) is 0.916. The van der Waals surface area contributed by atoms with Crippen molar-refractivity contribution in [3.05, 3.63) is 28.6 Å². The molecule has 18 heavy (non-hydrogen) atoms. The highest BCUT2D eigenvalue weighted by Crippen LogP contribution is 2.32. The molecule has 1 N–H and O–H groups in total. The highest BCUT2D eigenvalue weighted by Gasteiger charge is 2.09. The van der Waals surface area contributed by atoms with Gasteiger partial charge in [-0.1, -0.05) is 0 Å².